The molecule has 0 bridgehead atoms. The lowest BCUT2D eigenvalue weighted by atomic mass is 9.88. The number of piperidine rings is 1. The summed E-state index contributed by atoms with van der Waals surface area (Å²) in [5, 5.41) is 3.43. The third-order valence-electron chi connectivity index (χ3n) is 3.44. The normalized spacial score (nSPS) is 17.4. The van der Waals surface area contributed by atoms with Crippen LogP contribution in [-0.4, -0.2) is 27.2 Å². The first-order valence-corrected chi connectivity index (χ1v) is 6.17. The molecule has 0 unspecified atom stereocenters. The van der Waals surface area contributed by atoms with E-state index in [1.54, 1.807) is 0 Å². The zero-order chi connectivity index (χ0) is 11.5. The largest absolute Gasteiger partial charge is 0.377 e. The average molecular weight is 218 g/mol. The highest BCUT2D eigenvalue weighted by atomic mass is 15.1. The standard InChI is InChI=1S/C14H22N2/c1-11-4-5-14(16(2)3)13(10-11)12-6-8-15-9-7-12/h4-5,10,12,15H,6-9H2,1-3H3. The van der Waals surface area contributed by atoms with Crippen LogP contribution in [-0.2, 0) is 0 Å². The molecule has 0 saturated carbocycles. The van der Waals surface area contributed by atoms with Gasteiger partial charge in [-0.2, -0.15) is 0 Å². The van der Waals surface area contributed by atoms with Gasteiger partial charge in [0, 0.05) is 19.8 Å². The Labute approximate surface area is 98.7 Å². The second-order valence-corrected chi connectivity index (χ2v) is 4.98. The van der Waals surface area contributed by atoms with Gasteiger partial charge in [0.1, 0.15) is 0 Å². The number of anilines is 1. The molecule has 2 nitrogen and oxygen atoms in total. The van der Waals surface area contributed by atoms with Gasteiger partial charge in [-0.25, -0.2) is 0 Å². The highest BCUT2D eigenvalue weighted by molar-refractivity contribution is 5.55. The molecule has 2 heteroatoms. The van der Waals surface area contributed by atoms with Crippen molar-refractivity contribution in [3.05, 3.63) is 29.3 Å². The molecule has 0 radical (unpaired) electrons. The molecule has 0 aromatic heterocycles. The molecule has 1 aromatic rings. The van der Waals surface area contributed by atoms with E-state index >= 15 is 0 Å². The van der Waals surface area contributed by atoms with Crippen LogP contribution < -0.4 is 10.2 Å². The summed E-state index contributed by atoms with van der Waals surface area (Å²) in [6.45, 7) is 4.50. The van der Waals surface area contributed by atoms with Gasteiger partial charge in [-0.05, 0) is 50.4 Å². The smallest absolute Gasteiger partial charge is 0.0396 e. The molecule has 1 saturated heterocycles. The van der Waals surface area contributed by atoms with Crippen molar-refractivity contribution in [3.8, 4) is 0 Å². The van der Waals surface area contributed by atoms with Crippen LogP contribution in [0.4, 0.5) is 5.69 Å². The Morgan fingerprint density at radius 3 is 2.50 bits per heavy atom. The number of nitrogens with zero attached hydrogens (tertiary/aromatic N) is 1. The summed E-state index contributed by atoms with van der Waals surface area (Å²) in [6, 6.07) is 6.83. The van der Waals surface area contributed by atoms with Crippen LogP contribution in [0.2, 0.25) is 0 Å². The summed E-state index contributed by atoms with van der Waals surface area (Å²) in [5.41, 5.74) is 4.29. The van der Waals surface area contributed by atoms with E-state index in [1.165, 1.54) is 29.7 Å². The van der Waals surface area contributed by atoms with Crippen molar-refractivity contribution in [1.82, 2.24) is 5.32 Å². The van der Waals surface area contributed by atoms with Crippen LogP contribution in [0.25, 0.3) is 0 Å². The van der Waals surface area contributed by atoms with Crippen LogP contribution >= 0.6 is 0 Å². The molecule has 16 heavy (non-hydrogen) atoms. The van der Waals surface area contributed by atoms with Crippen molar-refractivity contribution >= 4 is 5.69 Å². The van der Waals surface area contributed by atoms with Crippen molar-refractivity contribution in [2.24, 2.45) is 0 Å². The summed E-state index contributed by atoms with van der Waals surface area (Å²) in [6.07, 6.45) is 2.54. The Morgan fingerprint density at radius 1 is 1.19 bits per heavy atom. The number of hydrogen-bond donors (Lipinski definition) is 1. The maximum atomic E-state index is 3.43. The molecule has 2 rings (SSSR count). The third kappa shape index (κ3) is 2.38. The van der Waals surface area contributed by atoms with Crippen LogP contribution in [0.5, 0.6) is 0 Å². The van der Waals surface area contributed by atoms with Crippen LogP contribution in [0.3, 0.4) is 0 Å². The predicted molar refractivity (Wildman–Crippen MR) is 70.4 cm³/mol. The minimum absolute atomic E-state index is 0.735. The molecule has 0 aliphatic carbocycles. The second kappa shape index (κ2) is 4.88. The number of rotatable bonds is 2. The monoisotopic (exact) mass is 218 g/mol. The lowest BCUT2D eigenvalue weighted by Crippen LogP contribution is -2.27. The molecule has 0 atom stereocenters. The van der Waals surface area contributed by atoms with E-state index in [-0.39, 0.29) is 0 Å². The van der Waals surface area contributed by atoms with Gasteiger partial charge in [0.05, 0.1) is 0 Å². The lowest BCUT2D eigenvalue weighted by molar-refractivity contribution is 0.460. The summed E-state index contributed by atoms with van der Waals surface area (Å²) in [7, 11) is 4.27. The third-order valence-corrected chi connectivity index (χ3v) is 3.44. The van der Waals surface area contributed by atoms with Gasteiger partial charge in [0.15, 0.2) is 0 Å². The van der Waals surface area contributed by atoms with E-state index < -0.39 is 0 Å². The van der Waals surface area contributed by atoms with Crippen LogP contribution in [0, 0.1) is 6.92 Å². The summed E-state index contributed by atoms with van der Waals surface area (Å²) in [4.78, 5) is 2.23. The number of aryl methyl sites for hydroxylation is 1. The molecule has 1 heterocycles. The summed E-state index contributed by atoms with van der Waals surface area (Å²) in [5.74, 6) is 0.735. The Hall–Kier alpha value is -1.02. The summed E-state index contributed by atoms with van der Waals surface area (Å²) >= 11 is 0. The van der Waals surface area contributed by atoms with E-state index in [1.807, 2.05) is 0 Å². The van der Waals surface area contributed by atoms with E-state index in [9.17, 15) is 0 Å². The highest BCUT2D eigenvalue weighted by Crippen LogP contribution is 2.33. The predicted octanol–water partition coefficient (Wildman–Crippen LogP) is 2.53. The fraction of sp³-hybridized carbons (Fsp3) is 0.571. The van der Waals surface area contributed by atoms with Crippen molar-refractivity contribution < 1.29 is 0 Å². The zero-order valence-electron chi connectivity index (χ0n) is 10.6. The van der Waals surface area contributed by atoms with E-state index in [2.05, 4.69) is 49.4 Å². The highest BCUT2D eigenvalue weighted by Gasteiger charge is 2.18. The Balaban J connectivity index is 2.32. The van der Waals surface area contributed by atoms with E-state index in [0.29, 0.717) is 0 Å². The van der Waals surface area contributed by atoms with Gasteiger partial charge in [0.25, 0.3) is 0 Å². The van der Waals surface area contributed by atoms with Gasteiger partial charge >= 0.3 is 0 Å². The number of hydrogen-bond acceptors (Lipinski definition) is 2. The van der Waals surface area contributed by atoms with Crippen LogP contribution in [0.1, 0.15) is 29.9 Å². The molecule has 0 spiro atoms. The van der Waals surface area contributed by atoms with Gasteiger partial charge in [-0.3, -0.25) is 0 Å². The second-order valence-electron chi connectivity index (χ2n) is 4.98. The molecule has 1 aliphatic rings. The van der Waals surface area contributed by atoms with Crippen molar-refractivity contribution in [2.75, 3.05) is 32.1 Å². The minimum Gasteiger partial charge on any atom is -0.377 e. The van der Waals surface area contributed by atoms with Gasteiger partial charge in [-0.1, -0.05) is 17.7 Å². The molecule has 0 amide bonds. The molecule has 1 aromatic carbocycles. The van der Waals surface area contributed by atoms with E-state index in [0.717, 1.165) is 19.0 Å². The number of benzene rings is 1. The maximum Gasteiger partial charge on any atom is 0.0396 e. The SMILES string of the molecule is Cc1ccc(N(C)C)c(C2CCNCC2)c1. The first-order valence-electron chi connectivity index (χ1n) is 6.17. The molecule has 1 N–H and O–H groups in total. The lowest BCUT2D eigenvalue weighted by Gasteiger charge is -2.27. The molecular formula is C14H22N2. The number of nitrogens with one attached hydrogen (secondary N) is 1. The first kappa shape index (κ1) is 11.5. The van der Waals surface area contributed by atoms with Crippen molar-refractivity contribution in [3.63, 3.8) is 0 Å². The van der Waals surface area contributed by atoms with Gasteiger partial charge in [0.2, 0.25) is 0 Å². The Morgan fingerprint density at radius 2 is 1.88 bits per heavy atom. The molecule has 88 valence electrons. The fourth-order valence-corrected chi connectivity index (χ4v) is 2.54. The van der Waals surface area contributed by atoms with E-state index in [4.69, 9.17) is 0 Å². The topological polar surface area (TPSA) is 15.3 Å². The average Bonchev–Trinajstić information content (AvgIpc) is 2.29. The molecule has 1 aliphatic heterocycles. The van der Waals surface area contributed by atoms with Crippen molar-refractivity contribution in [2.45, 2.75) is 25.7 Å². The minimum atomic E-state index is 0.735. The maximum absolute atomic E-state index is 3.43. The van der Waals surface area contributed by atoms with Gasteiger partial charge < -0.3 is 10.2 Å². The zero-order valence-corrected chi connectivity index (χ0v) is 10.6. The Bertz CT molecular complexity index is 352. The quantitative estimate of drug-likeness (QED) is 0.820. The van der Waals surface area contributed by atoms with Crippen LogP contribution in [0.15, 0.2) is 18.2 Å². The first-order chi connectivity index (χ1) is 7.68. The molecular weight excluding hydrogens is 196 g/mol. The van der Waals surface area contributed by atoms with Crippen molar-refractivity contribution in [1.29, 1.82) is 0 Å². The Kier molecular flexibility index (Phi) is 3.49. The molecule has 1 fully saturated rings. The fourth-order valence-electron chi connectivity index (χ4n) is 2.54. The summed E-state index contributed by atoms with van der Waals surface area (Å²) < 4.78 is 0. The van der Waals surface area contributed by atoms with Gasteiger partial charge in [-0.15, -0.1) is 0 Å².